The Bertz CT molecular complexity index is 763. The molecule has 1 aliphatic rings. The molecule has 0 radical (unpaired) electrons. The Morgan fingerprint density at radius 1 is 0.800 bits per heavy atom. The van der Waals surface area contributed by atoms with Gasteiger partial charge in [0.15, 0.2) is 11.7 Å². The van der Waals surface area contributed by atoms with Gasteiger partial charge in [-0.15, -0.1) is 8.76 Å². The van der Waals surface area contributed by atoms with Crippen LogP contribution in [0.15, 0.2) is 74.4 Å². The van der Waals surface area contributed by atoms with Crippen molar-refractivity contribution in [1.82, 2.24) is 0 Å². The molecule has 1 atom stereocenters. The molecular formula is C14H12N4OS. The monoisotopic (exact) mass is 284 g/mol. The van der Waals surface area contributed by atoms with Crippen LogP contribution in [0.3, 0.4) is 0 Å². The van der Waals surface area contributed by atoms with Gasteiger partial charge in [-0.2, -0.15) is 0 Å². The molecule has 0 aromatic heterocycles. The van der Waals surface area contributed by atoms with Crippen molar-refractivity contribution in [2.24, 2.45) is 18.9 Å². The molecule has 2 aromatic carbocycles. The molecule has 0 amide bonds. The van der Waals surface area contributed by atoms with Gasteiger partial charge in [-0.05, 0) is 0 Å². The van der Waals surface area contributed by atoms with E-state index in [1.165, 1.54) is 0 Å². The lowest BCUT2D eigenvalue weighted by Crippen LogP contribution is -2.20. The lowest BCUT2D eigenvalue weighted by atomic mass is 10.2. The Morgan fingerprint density at radius 2 is 1.30 bits per heavy atom. The van der Waals surface area contributed by atoms with Crippen LogP contribution in [0.4, 0.5) is 0 Å². The molecule has 1 aliphatic heterocycles. The number of hydrogen-bond acceptors (Lipinski definition) is 3. The summed E-state index contributed by atoms with van der Waals surface area (Å²) in [6.07, 6.45) is 0. The summed E-state index contributed by atoms with van der Waals surface area (Å²) in [5.74, 6) is 0.680. The van der Waals surface area contributed by atoms with Crippen LogP contribution in [0.25, 0.3) is 0 Å². The Hall–Kier alpha value is -2.31. The van der Waals surface area contributed by atoms with Crippen molar-refractivity contribution in [2.45, 2.75) is 0 Å². The molecule has 0 saturated heterocycles. The van der Waals surface area contributed by atoms with E-state index >= 15 is 0 Å². The minimum Gasteiger partial charge on any atom is -0.226 e. The van der Waals surface area contributed by atoms with Crippen LogP contribution >= 0.6 is 0 Å². The second-order valence-electron chi connectivity index (χ2n) is 4.21. The minimum atomic E-state index is -3.15. The quantitative estimate of drug-likeness (QED) is 0.900. The first-order valence-corrected chi connectivity index (χ1v) is 7.52. The van der Waals surface area contributed by atoms with Crippen LogP contribution < -0.4 is 5.14 Å². The van der Waals surface area contributed by atoms with Gasteiger partial charge >= 0.3 is 0 Å². The van der Waals surface area contributed by atoms with Crippen LogP contribution in [-0.4, -0.2) is 15.9 Å². The van der Waals surface area contributed by atoms with E-state index < -0.39 is 10.1 Å². The Balaban J connectivity index is 2.14. The van der Waals surface area contributed by atoms with Gasteiger partial charge in [-0.3, -0.25) is 0 Å². The molecule has 0 spiro atoms. The minimum absolute atomic E-state index is 0.340. The van der Waals surface area contributed by atoms with Crippen molar-refractivity contribution in [2.75, 3.05) is 0 Å². The van der Waals surface area contributed by atoms with E-state index in [-0.39, 0.29) is 0 Å². The topological polar surface area (TPSA) is 80.2 Å². The number of amidine groups is 2. The number of benzene rings is 2. The molecule has 1 unspecified atom stereocenters. The second kappa shape index (κ2) is 4.99. The van der Waals surface area contributed by atoms with E-state index in [9.17, 15) is 4.21 Å². The van der Waals surface area contributed by atoms with E-state index in [4.69, 9.17) is 5.14 Å². The van der Waals surface area contributed by atoms with Crippen molar-refractivity contribution in [3.63, 3.8) is 0 Å². The van der Waals surface area contributed by atoms with E-state index in [1.807, 2.05) is 60.7 Å². The predicted octanol–water partition coefficient (Wildman–Crippen LogP) is 2.15. The van der Waals surface area contributed by atoms with Gasteiger partial charge in [0, 0.05) is 11.1 Å². The highest BCUT2D eigenvalue weighted by molar-refractivity contribution is 7.90. The van der Waals surface area contributed by atoms with Gasteiger partial charge in [-0.25, -0.2) is 14.3 Å². The summed E-state index contributed by atoms with van der Waals surface area (Å²) in [5.41, 5.74) is 1.52. The first-order valence-electron chi connectivity index (χ1n) is 5.98. The summed E-state index contributed by atoms with van der Waals surface area (Å²) in [6.45, 7) is 0. The van der Waals surface area contributed by atoms with Gasteiger partial charge < -0.3 is 0 Å². The smallest absolute Gasteiger partial charge is 0.222 e. The average Bonchev–Trinajstić information content (AvgIpc) is 2.47. The number of rotatable bonds is 2. The fraction of sp³-hybridized carbons (Fsp3) is 0. The maximum Gasteiger partial charge on any atom is 0.222 e. The van der Waals surface area contributed by atoms with Crippen LogP contribution in [0.1, 0.15) is 11.1 Å². The van der Waals surface area contributed by atoms with Crippen molar-refractivity contribution in [3.05, 3.63) is 71.8 Å². The highest BCUT2D eigenvalue weighted by Gasteiger charge is 2.16. The third-order valence-electron chi connectivity index (χ3n) is 2.71. The molecule has 0 fully saturated rings. The summed E-state index contributed by atoms with van der Waals surface area (Å²) in [4.78, 5) is 4.36. The maximum absolute atomic E-state index is 12.1. The molecule has 5 nitrogen and oxygen atoms in total. The molecule has 20 heavy (non-hydrogen) atoms. The SMILES string of the molecule is NS1(=O)=NC(c2ccccc2)=NC(c2ccccc2)=N1. The number of nitrogens with two attached hydrogens (primary N) is 1. The molecule has 0 saturated carbocycles. The molecule has 6 heteroatoms. The standard InChI is InChI=1S/C14H12N4OS/c15-20(19)17-13(11-7-3-1-4-8-11)16-14(18-20)12-9-5-2-6-10-12/h1-10H,(H2,15,16,17,18,19). The van der Waals surface area contributed by atoms with Gasteiger partial charge in [0.25, 0.3) is 0 Å². The molecule has 2 aromatic rings. The maximum atomic E-state index is 12.1. The summed E-state index contributed by atoms with van der Waals surface area (Å²) in [7, 11) is -3.15. The zero-order valence-corrected chi connectivity index (χ0v) is 11.3. The van der Waals surface area contributed by atoms with Crippen molar-refractivity contribution in [3.8, 4) is 0 Å². The Morgan fingerprint density at radius 3 is 1.85 bits per heavy atom. The van der Waals surface area contributed by atoms with Crippen molar-refractivity contribution < 1.29 is 4.21 Å². The van der Waals surface area contributed by atoms with E-state index in [1.54, 1.807) is 0 Å². The molecule has 2 N–H and O–H groups in total. The van der Waals surface area contributed by atoms with Gasteiger partial charge in [-0.1, -0.05) is 60.7 Å². The first kappa shape index (κ1) is 12.7. The van der Waals surface area contributed by atoms with E-state index in [0.29, 0.717) is 11.7 Å². The summed E-state index contributed by atoms with van der Waals surface area (Å²) >= 11 is 0. The summed E-state index contributed by atoms with van der Waals surface area (Å²) < 4.78 is 20.0. The van der Waals surface area contributed by atoms with Gasteiger partial charge in [0.05, 0.1) is 0 Å². The average molecular weight is 284 g/mol. The predicted molar refractivity (Wildman–Crippen MR) is 80.7 cm³/mol. The van der Waals surface area contributed by atoms with Crippen LogP contribution in [-0.2, 0) is 10.1 Å². The lowest BCUT2D eigenvalue weighted by molar-refractivity contribution is 0.679. The first-order chi connectivity index (χ1) is 9.64. The number of aliphatic imine (C=N–C) groups is 1. The normalized spacial score (nSPS) is 21.6. The molecular weight excluding hydrogens is 272 g/mol. The van der Waals surface area contributed by atoms with Gasteiger partial charge in [0.2, 0.25) is 10.1 Å². The summed E-state index contributed by atoms with van der Waals surface area (Å²) in [5, 5.41) is 5.63. The molecule has 3 rings (SSSR count). The fourth-order valence-electron chi connectivity index (χ4n) is 1.82. The molecule has 0 aliphatic carbocycles. The van der Waals surface area contributed by atoms with Crippen LogP contribution in [0, 0.1) is 0 Å². The number of hydrogen-bond donors (Lipinski definition) is 1. The highest BCUT2D eigenvalue weighted by atomic mass is 32.2. The molecule has 100 valence electrons. The van der Waals surface area contributed by atoms with Crippen molar-refractivity contribution in [1.29, 1.82) is 0 Å². The lowest BCUT2D eigenvalue weighted by Gasteiger charge is -2.10. The highest BCUT2D eigenvalue weighted by Crippen LogP contribution is 2.14. The third-order valence-corrected chi connectivity index (χ3v) is 3.58. The summed E-state index contributed by atoms with van der Waals surface area (Å²) in [6, 6.07) is 18.6. The Kier molecular flexibility index (Phi) is 3.17. The zero-order chi connectivity index (χ0) is 14.0. The van der Waals surface area contributed by atoms with E-state index in [2.05, 4.69) is 13.8 Å². The third kappa shape index (κ3) is 2.66. The van der Waals surface area contributed by atoms with E-state index in [0.717, 1.165) is 11.1 Å². The molecule has 1 heterocycles. The molecule has 0 bridgehead atoms. The fourth-order valence-corrected chi connectivity index (χ4v) is 2.65. The van der Waals surface area contributed by atoms with Gasteiger partial charge in [0.1, 0.15) is 0 Å². The largest absolute Gasteiger partial charge is 0.226 e. The second-order valence-corrected chi connectivity index (χ2v) is 5.65. The van der Waals surface area contributed by atoms with Crippen LogP contribution in [0.5, 0.6) is 0 Å². The van der Waals surface area contributed by atoms with Crippen LogP contribution in [0.2, 0.25) is 0 Å². The number of nitrogens with zero attached hydrogens (tertiary/aromatic N) is 3. The zero-order valence-electron chi connectivity index (χ0n) is 10.5. The van der Waals surface area contributed by atoms with Crippen molar-refractivity contribution >= 4 is 21.8 Å². The Labute approximate surface area is 117 Å².